The second-order valence-corrected chi connectivity index (χ2v) is 2.82. The van der Waals surface area contributed by atoms with E-state index < -0.39 is 0 Å². The Kier molecular flexibility index (Phi) is 2.84. The molecule has 1 aromatic heterocycles. The van der Waals surface area contributed by atoms with E-state index >= 15 is 0 Å². The smallest absolute Gasteiger partial charge is 0.138 e. The third-order valence-electron chi connectivity index (χ3n) is 1.28. The first-order valence-electron chi connectivity index (χ1n) is 3.07. The van der Waals surface area contributed by atoms with Gasteiger partial charge >= 0.3 is 0 Å². The van der Waals surface area contributed by atoms with E-state index in [-0.39, 0.29) is 6.61 Å². The van der Waals surface area contributed by atoms with Crippen molar-refractivity contribution in [2.24, 2.45) is 0 Å². The highest BCUT2D eigenvalue weighted by atomic mass is 79.9. The summed E-state index contributed by atoms with van der Waals surface area (Å²) in [5.74, 6) is 0.675. The number of aromatic nitrogens is 1. The van der Waals surface area contributed by atoms with E-state index in [0.29, 0.717) is 11.4 Å². The average molecular weight is 218 g/mol. The standard InChI is InChI=1S/C7H8BrNO2/c1-11-5-2-6(8)7(4-10)9-3-5/h2-3,10H,4H2,1H3. The van der Waals surface area contributed by atoms with Gasteiger partial charge in [0.25, 0.3) is 0 Å². The summed E-state index contributed by atoms with van der Waals surface area (Å²) in [5, 5.41) is 8.75. The van der Waals surface area contributed by atoms with Crippen molar-refractivity contribution in [1.29, 1.82) is 0 Å². The molecule has 0 unspecified atom stereocenters. The molecule has 60 valence electrons. The minimum atomic E-state index is -0.0649. The van der Waals surface area contributed by atoms with E-state index in [1.165, 1.54) is 0 Å². The van der Waals surface area contributed by atoms with E-state index in [9.17, 15) is 0 Å². The maximum atomic E-state index is 8.75. The summed E-state index contributed by atoms with van der Waals surface area (Å²) in [6, 6.07) is 1.76. The molecule has 0 saturated carbocycles. The van der Waals surface area contributed by atoms with E-state index in [1.807, 2.05) is 0 Å². The third-order valence-corrected chi connectivity index (χ3v) is 1.96. The SMILES string of the molecule is COc1cnc(CO)c(Br)c1. The Morgan fingerprint density at radius 2 is 2.45 bits per heavy atom. The first kappa shape index (κ1) is 8.49. The molecule has 0 bridgehead atoms. The molecule has 0 radical (unpaired) electrons. The molecule has 0 aliphatic heterocycles. The zero-order valence-electron chi connectivity index (χ0n) is 6.04. The van der Waals surface area contributed by atoms with Gasteiger partial charge in [-0.15, -0.1) is 0 Å². The van der Waals surface area contributed by atoms with Crippen molar-refractivity contribution in [3.05, 3.63) is 22.4 Å². The van der Waals surface area contributed by atoms with Gasteiger partial charge in [0.2, 0.25) is 0 Å². The van der Waals surface area contributed by atoms with Gasteiger partial charge in [-0.2, -0.15) is 0 Å². The van der Waals surface area contributed by atoms with E-state index in [1.54, 1.807) is 19.4 Å². The van der Waals surface area contributed by atoms with Crippen LogP contribution in [0.3, 0.4) is 0 Å². The summed E-state index contributed by atoms with van der Waals surface area (Å²) < 4.78 is 5.68. The number of hydrogen-bond acceptors (Lipinski definition) is 3. The fourth-order valence-electron chi connectivity index (χ4n) is 0.677. The van der Waals surface area contributed by atoms with Crippen molar-refractivity contribution in [3.63, 3.8) is 0 Å². The van der Waals surface area contributed by atoms with Crippen molar-refractivity contribution in [3.8, 4) is 5.75 Å². The fraction of sp³-hybridized carbons (Fsp3) is 0.286. The third kappa shape index (κ3) is 1.91. The Hall–Kier alpha value is -0.610. The van der Waals surface area contributed by atoms with Crippen LogP contribution in [-0.2, 0) is 6.61 Å². The van der Waals surface area contributed by atoms with Crippen LogP contribution in [0.2, 0.25) is 0 Å². The molecule has 0 saturated heterocycles. The molecule has 0 aliphatic rings. The van der Waals surface area contributed by atoms with Crippen LogP contribution in [-0.4, -0.2) is 17.2 Å². The van der Waals surface area contributed by atoms with Gasteiger partial charge in [0.05, 0.1) is 25.6 Å². The molecule has 1 rings (SSSR count). The van der Waals surface area contributed by atoms with Crippen LogP contribution in [0.1, 0.15) is 5.69 Å². The van der Waals surface area contributed by atoms with E-state index in [0.717, 1.165) is 4.47 Å². The Morgan fingerprint density at radius 1 is 1.73 bits per heavy atom. The highest BCUT2D eigenvalue weighted by Crippen LogP contribution is 2.19. The zero-order chi connectivity index (χ0) is 8.27. The average Bonchev–Trinajstić information content (AvgIpc) is 2.04. The number of aliphatic hydroxyl groups excluding tert-OH is 1. The maximum Gasteiger partial charge on any atom is 0.138 e. The normalized spacial score (nSPS) is 9.73. The van der Waals surface area contributed by atoms with Gasteiger partial charge in [-0.05, 0) is 22.0 Å². The van der Waals surface area contributed by atoms with Crippen LogP contribution in [0.4, 0.5) is 0 Å². The first-order valence-corrected chi connectivity index (χ1v) is 3.86. The van der Waals surface area contributed by atoms with Gasteiger partial charge < -0.3 is 9.84 Å². The highest BCUT2D eigenvalue weighted by molar-refractivity contribution is 9.10. The molecule has 0 fully saturated rings. The predicted octanol–water partition coefficient (Wildman–Crippen LogP) is 1.34. The van der Waals surface area contributed by atoms with Crippen LogP contribution < -0.4 is 4.74 Å². The van der Waals surface area contributed by atoms with Crippen LogP contribution in [0.25, 0.3) is 0 Å². The number of pyridine rings is 1. The van der Waals surface area contributed by atoms with Gasteiger partial charge in [0.15, 0.2) is 0 Å². The second-order valence-electron chi connectivity index (χ2n) is 1.96. The number of halogens is 1. The van der Waals surface area contributed by atoms with Crippen LogP contribution in [0.15, 0.2) is 16.7 Å². The van der Waals surface area contributed by atoms with Crippen LogP contribution >= 0.6 is 15.9 Å². The van der Waals surface area contributed by atoms with Crippen molar-refractivity contribution in [1.82, 2.24) is 4.98 Å². The lowest BCUT2D eigenvalue weighted by atomic mass is 10.3. The molecule has 1 heterocycles. The Morgan fingerprint density at radius 3 is 2.91 bits per heavy atom. The Bertz CT molecular complexity index is 252. The molecule has 4 heteroatoms. The highest BCUT2D eigenvalue weighted by Gasteiger charge is 2.00. The van der Waals surface area contributed by atoms with Crippen molar-refractivity contribution < 1.29 is 9.84 Å². The van der Waals surface area contributed by atoms with Crippen molar-refractivity contribution in [2.45, 2.75) is 6.61 Å². The molecule has 0 aliphatic carbocycles. The summed E-state index contributed by atoms with van der Waals surface area (Å²) >= 11 is 3.25. The molecule has 0 spiro atoms. The Labute approximate surface area is 73.2 Å². The van der Waals surface area contributed by atoms with Crippen LogP contribution in [0.5, 0.6) is 5.75 Å². The minimum Gasteiger partial charge on any atom is -0.495 e. The van der Waals surface area contributed by atoms with Gasteiger partial charge in [-0.25, -0.2) is 0 Å². The van der Waals surface area contributed by atoms with Gasteiger partial charge in [-0.1, -0.05) is 0 Å². The van der Waals surface area contributed by atoms with Crippen molar-refractivity contribution >= 4 is 15.9 Å². The number of aliphatic hydroxyl groups is 1. The molecule has 11 heavy (non-hydrogen) atoms. The van der Waals surface area contributed by atoms with Gasteiger partial charge in [0.1, 0.15) is 5.75 Å². The predicted molar refractivity (Wildman–Crippen MR) is 44.4 cm³/mol. The number of hydrogen-bond donors (Lipinski definition) is 1. The molecule has 1 aromatic rings. The molecule has 3 nitrogen and oxygen atoms in total. The summed E-state index contributed by atoms with van der Waals surface area (Å²) in [4.78, 5) is 3.95. The Balaban J connectivity index is 2.99. The van der Waals surface area contributed by atoms with Crippen molar-refractivity contribution in [2.75, 3.05) is 7.11 Å². The van der Waals surface area contributed by atoms with E-state index in [2.05, 4.69) is 20.9 Å². The van der Waals surface area contributed by atoms with Gasteiger partial charge in [0, 0.05) is 4.47 Å². The molecule has 0 atom stereocenters. The molecular weight excluding hydrogens is 210 g/mol. The molecule has 1 N–H and O–H groups in total. The molecule has 0 amide bonds. The first-order chi connectivity index (χ1) is 5.27. The molecule has 0 aromatic carbocycles. The number of ether oxygens (including phenoxy) is 1. The minimum absolute atomic E-state index is 0.0649. The summed E-state index contributed by atoms with van der Waals surface area (Å²) in [5.41, 5.74) is 0.616. The lowest BCUT2D eigenvalue weighted by Crippen LogP contribution is -1.92. The largest absolute Gasteiger partial charge is 0.495 e. The van der Waals surface area contributed by atoms with E-state index in [4.69, 9.17) is 9.84 Å². The number of methoxy groups -OCH3 is 1. The lowest BCUT2D eigenvalue weighted by Gasteiger charge is -2.02. The summed E-state index contributed by atoms with van der Waals surface area (Å²) in [6.07, 6.45) is 1.57. The summed E-state index contributed by atoms with van der Waals surface area (Å²) in [7, 11) is 1.57. The second kappa shape index (κ2) is 3.69. The van der Waals surface area contributed by atoms with Gasteiger partial charge in [-0.3, -0.25) is 4.98 Å². The monoisotopic (exact) mass is 217 g/mol. The fourth-order valence-corrected chi connectivity index (χ4v) is 1.13. The number of nitrogens with zero attached hydrogens (tertiary/aromatic N) is 1. The molecular formula is C7H8BrNO2. The summed E-state index contributed by atoms with van der Waals surface area (Å²) in [6.45, 7) is -0.0649. The maximum absolute atomic E-state index is 8.75. The lowest BCUT2D eigenvalue weighted by molar-refractivity contribution is 0.275. The quantitative estimate of drug-likeness (QED) is 0.814. The topological polar surface area (TPSA) is 42.4 Å². The van der Waals surface area contributed by atoms with Crippen LogP contribution in [0, 0.1) is 0 Å². The number of rotatable bonds is 2. The zero-order valence-corrected chi connectivity index (χ0v) is 7.63.